The molecular formula is C9H8F3N3O2. The van der Waals surface area contributed by atoms with Crippen molar-refractivity contribution in [1.82, 2.24) is 4.98 Å². The van der Waals surface area contributed by atoms with Gasteiger partial charge in [0.05, 0.1) is 29.9 Å². The van der Waals surface area contributed by atoms with Crippen molar-refractivity contribution >= 4 is 0 Å². The molecular weight excluding hydrogens is 239 g/mol. The van der Waals surface area contributed by atoms with Crippen molar-refractivity contribution in [2.24, 2.45) is 5.73 Å². The number of ether oxygens (including phenoxy) is 1. The second-order valence-corrected chi connectivity index (χ2v) is 2.98. The Bertz CT molecular complexity index is 454. The predicted octanol–water partition coefficient (Wildman–Crippen LogP) is 1.21. The zero-order valence-corrected chi connectivity index (χ0v) is 8.45. The Morgan fingerprint density at radius 1 is 1.53 bits per heavy atom. The maximum absolute atomic E-state index is 12.0. The first-order valence-electron chi connectivity index (χ1n) is 4.41. The Kier molecular flexibility index (Phi) is 3.75. The lowest BCUT2D eigenvalue weighted by Crippen LogP contribution is -2.19. The highest BCUT2D eigenvalue weighted by atomic mass is 19.4. The fourth-order valence-electron chi connectivity index (χ4n) is 1.18. The van der Waals surface area contributed by atoms with Crippen LogP contribution in [0.3, 0.4) is 0 Å². The topological polar surface area (TPSA) is 92.2 Å². The highest BCUT2D eigenvalue weighted by Crippen LogP contribution is 2.32. The van der Waals surface area contributed by atoms with Gasteiger partial charge in [-0.2, -0.15) is 5.26 Å². The molecule has 92 valence electrons. The van der Waals surface area contributed by atoms with E-state index in [1.807, 2.05) is 0 Å². The van der Waals surface area contributed by atoms with Crippen LogP contribution in [0.5, 0.6) is 11.5 Å². The number of hydrogen-bond acceptors (Lipinski definition) is 5. The Morgan fingerprint density at radius 2 is 2.18 bits per heavy atom. The molecule has 0 spiro atoms. The van der Waals surface area contributed by atoms with Crippen LogP contribution in [0.25, 0.3) is 0 Å². The lowest BCUT2D eigenvalue weighted by Gasteiger charge is -2.14. The number of nitrogens with two attached hydrogens (primary N) is 1. The monoisotopic (exact) mass is 247 g/mol. The van der Waals surface area contributed by atoms with Crippen LogP contribution >= 0.6 is 0 Å². The van der Waals surface area contributed by atoms with Gasteiger partial charge >= 0.3 is 6.36 Å². The van der Waals surface area contributed by atoms with E-state index in [4.69, 9.17) is 11.0 Å². The first-order valence-corrected chi connectivity index (χ1v) is 4.41. The number of halogens is 3. The molecule has 1 aromatic heterocycles. The van der Waals surface area contributed by atoms with Crippen LogP contribution in [0.1, 0.15) is 11.3 Å². The van der Waals surface area contributed by atoms with Crippen molar-refractivity contribution in [2.45, 2.75) is 19.3 Å². The summed E-state index contributed by atoms with van der Waals surface area (Å²) in [4.78, 5) is 3.51. The molecule has 0 aliphatic heterocycles. The molecule has 0 aliphatic rings. The van der Waals surface area contributed by atoms with Crippen molar-refractivity contribution in [3.63, 3.8) is 0 Å². The number of aromatic hydroxyl groups is 1. The highest BCUT2D eigenvalue weighted by Gasteiger charge is 2.33. The quantitative estimate of drug-likeness (QED) is 0.837. The standard InChI is InChI=1S/C9H8F3N3O2/c10-9(11,12)17-7-4-15-6(1-2-13)8(16)5(7)3-14/h4,16H,1,3,14H2. The van der Waals surface area contributed by atoms with Crippen molar-refractivity contribution < 1.29 is 23.0 Å². The Labute approximate surface area is 94.2 Å². The van der Waals surface area contributed by atoms with Crippen LogP contribution in [0.15, 0.2) is 6.20 Å². The van der Waals surface area contributed by atoms with Gasteiger partial charge in [-0.05, 0) is 0 Å². The smallest absolute Gasteiger partial charge is 0.506 e. The maximum atomic E-state index is 12.0. The molecule has 0 aliphatic carbocycles. The van der Waals surface area contributed by atoms with Crippen molar-refractivity contribution in [3.8, 4) is 17.6 Å². The lowest BCUT2D eigenvalue weighted by atomic mass is 10.1. The van der Waals surface area contributed by atoms with E-state index < -0.39 is 17.9 Å². The average molecular weight is 247 g/mol. The normalized spacial score (nSPS) is 11.0. The van der Waals surface area contributed by atoms with E-state index in [0.29, 0.717) is 0 Å². The molecule has 0 amide bonds. The van der Waals surface area contributed by atoms with Crippen molar-refractivity contribution in [1.29, 1.82) is 5.26 Å². The summed E-state index contributed by atoms with van der Waals surface area (Å²) in [5.41, 5.74) is 4.94. The minimum atomic E-state index is -4.89. The second-order valence-electron chi connectivity index (χ2n) is 2.98. The molecule has 1 aromatic rings. The molecule has 0 fully saturated rings. The third kappa shape index (κ3) is 3.22. The van der Waals surface area contributed by atoms with Crippen LogP contribution in [0.4, 0.5) is 13.2 Å². The summed E-state index contributed by atoms with van der Waals surface area (Å²) in [6.07, 6.45) is -4.35. The van der Waals surface area contributed by atoms with Gasteiger partial charge in [0.2, 0.25) is 0 Å². The zero-order valence-electron chi connectivity index (χ0n) is 8.45. The number of nitrogens with zero attached hydrogens (tertiary/aromatic N) is 2. The SMILES string of the molecule is N#CCc1ncc(OC(F)(F)F)c(CN)c1O. The fourth-order valence-corrected chi connectivity index (χ4v) is 1.18. The number of aromatic nitrogens is 1. The van der Waals surface area contributed by atoms with Gasteiger partial charge in [-0.1, -0.05) is 0 Å². The lowest BCUT2D eigenvalue weighted by molar-refractivity contribution is -0.275. The molecule has 8 heteroatoms. The zero-order chi connectivity index (χ0) is 13.1. The predicted molar refractivity (Wildman–Crippen MR) is 49.8 cm³/mol. The summed E-state index contributed by atoms with van der Waals surface area (Å²) in [7, 11) is 0. The fraction of sp³-hybridized carbons (Fsp3) is 0.333. The highest BCUT2D eigenvalue weighted by molar-refractivity contribution is 5.45. The molecule has 0 unspecified atom stereocenters. The molecule has 0 aromatic carbocycles. The van der Waals surface area contributed by atoms with Crippen molar-refractivity contribution in [3.05, 3.63) is 17.5 Å². The van der Waals surface area contributed by atoms with Gasteiger partial charge in [0.15, 0.2) is 5.75 Å². The van der Waals surface area contributed by atoms with E-state index >= 15 is 0 Å². The first-order chi connectivity index (χ1) is 7.89. The summed E-state index contributed by atoms with van der Waals surface area (Å²) in [6, 6.07) is 1.72. The molecule has 1 rings (SSSR count). The number of nitriles is 1. The summed E-state index contributed by atoms with van der Waals surface area (Å²) in [6.45, 7) is -0.363. The van der Waals surface area contributed by atoms with Gasteiger partial charge in [-0.25, -0.2) is 0 Å². The molecule has 17 heavy (non-hydrogen) atoms. The van der Waals surface area contributed by atoms with Crippen LogP contribution < -0.4 is 10.5 Å². The van der Waals surface area contributed by atoms with Gasteiger partial charge in [-0.15, -0.1) is 13.2 Å². The number of hydrogen-bond donors (Lipinski definition) is 2. The Hall–Kier alpha value is -2.01. The van der Waals surface area contributed by atoms with E-state index in [9.17, 15) is 18.3 Å². The van der Waals surface area contributed by atoms with Crippen LogP contribution in [0.2, 0.25) is 0 Å². The largest absolute Gasteiger partial charge is 0.573 e. The third-order valence-corrected chi connectivity index (χ3v) is 1.87. The van der Waals surface area contributed by atoms with Crippen LogP contribution in [0, 0.1) is 11.3 Å². The minimum Gasteiger partial charge on any atom is -0.506 e. The molecule has 0 saturated carbocycles. The molecule has 0 atom stereocenters. The third-order valence-electron chi connectivity index (χ3n) is 1.87. The molecule has 5 nitrogen and oxygen atoms in total. The number of rotatable bonds is 3. The van der Waals surface area contributed by atoms with E-state index in [1.165, 1.54) is 0 Å². The second kappa shape index (κ2) is 4.88. The summed E-state index contributed by atoms with van der Waals surface area (Å²) in [5, 5.41) is 18.0. The van der Waals surface area contributed by atoms with Gasteiger partial charge < -0.3 is 15.6 Å². The van der Waals surface area contributed by atoms with Gasteiger partial charge in [0.25, 0.3) is 0 Å². The first kappa shape index (κ1) is 13.1. The van der Waals surface area contributed by atoms with E-state index in [1.54, 1.807) is 6.07 Å². The van der Waals surface area contributed by atoms with E-state index in [0.717, 1.165) is 6.20 Å². The van der Waals surface area contributed by atoms with E-state index in [-0.39, 0.29) is 24.2 Å². The summed E-state index contributed by atoms with van der Waals surface area (Å²) >= 11 is 0. The number of pyridine rings is 1. The molecule has 0 bridgehead atoms. The van der Waals surface area contributed by atoms with Crippen molar-refractivity contribution in [2.75, 3.05) is 0 Å². The molecule has 0 saturated heterocycles. The van der Waals surface area contributed by atoms with Gasteiger partial charge in [-0.3, -0.25) is 4.98 Å². The molecule has 1 heterocycles. The minimum absolute atomic E-state index is 0.0394. The average Bonchev–Trinajstić information content (AvgIpc) is 2.21. The van der Waals surface area contributed by atoms with Crippen LogP contribution in [-0.4, -0.2) is 16.5 Å². The summed E-state index contributed by atoms with van der Waals surface area (Å²) < 4.78 is 39.7. The Morgan fingerprint density at radius 3 is 2.65 bits per heavy atom. The Balaban J connectivity index is 3.17. The van der Waals surface area contributed by atoms with Gasteiger partial charge in [0, 0.05) is 6.54 Å². The maximum Gasteiger partial charge on any atom is 0.573 e. The van der Waals surface area contributed by atoms with Crippen LogP contribution in [-0.2, 0) is 13.0 Å². The molecule has 3 N–H and O–H groups in total. The van der Waals surface area contributed by atoms with Gasteiger partial charge in [0.1, 0.15) is 5.75 Å². The number of alkyl halides is 3. The molecule has 0 radical (unpaired) electrons. The summed E-state index contributed by atoms with van der Waals surface area (Å²) in [5.74, 6) is -1.21. The van der Waals surface area contributed by atoms with E-state index in [2.05, 4.69) is 9.72 Å².